The molecule has 3 heteroatoms. The molecule has 0 aliphatic rings. The van der Waals surface area contributed by atoms with Crippen LogP contribution in [0.4, 0.5) is 0 Å². The van der Waals surface area contributed by atoms with E-state index in [1.807, 2.05) is 13.2 Å². The molecular formula is C14H24N2O. The summed E-state index contributed by atoms with van der Waals surface area (Å²) in [6.07, 6.45) is 5.96. The monoisotopic (exact) mass is 236 g/mol. The molecular weight excluding hydrogens is 212 g/mol. The Kier molecular flexibility index (Phi) is 4.49. The standard InChI is InChI=1S/C14H24N2O/c1-11(8-14(2,3)4)6-13(17)7-12-9-15-16(5)10-12/h9-11H,6-8H2,1-5H3. The van der Waals surface area contributed by atoms with Crippen LogP contribution in [0.1, 0.15) is 46.1 Å². The Morgan fingerprint density at radius 1 is 1.47 bits per heavy atom. The molecule has 1 rings (SSSR count). The van der Waals surface area contributed by atoms with Crippen LogP contribution < -0.4 is 0 Å². The molecule has 0 N–H and O–H groups in total. The summed E-state index contributed by atoms with van der Waals surface area (Å²) in [6, 6.07) is 0. The first-order valence-electron chi connectivity index (χ1n) is 6.25. The van der Waals surface area contributed by atoms with Crippen LogP contribution in [-0.4, -0.2) is 15.6 Å². The zero-order valence-corrected chi connectivity index (χ0v) is 11.7. The zero-order valence-electron chi connectivity index (χ0n) is 11.7. The molecule has 0 bridgehead atoms. The normalized spacial score (nSPS) is 13.7. The lowest BCUT2D eigenvalue weighted by molar-refractivity contribution is -0.119. The predicted octanol–water partition coefficient (Wildman–Crippen LogP) is 2.99. The number of Topliss-reactive ketones (excluding diaryl/α,β-unsaturated/α-hetero) is 1. The molecule has 0 saturated heterocycles. The Bertz CT molecular complexity index is 374. The third-order valence-electron chi connectivity index (χ3n) is 2.70. The lowest BCUT2D eigenvalue weighted by atomic mass is 9.83. The number of ketones is 1. The molecule has 17 heavy (non-hydrogen) atoms. The van der Waals surface area contributed by atoms with Crippen LogP contribution in [0.25, 0.3) is 0 Å². The summed E-state index contributed by atoms with van der Waals surface area (Å²) >= 11 is 0. The number of rotatable bonds is 5. The first-order valence-corrected chi connectivity index (χ1v) is 6.25. The molecule has 1 unspecified atom stereocenters. The van der Waals surface area contributed by atoms with Crippen molar-refractivity contribution < 1.29 is 4.79 Å². The SMILES string of the molecule is CC(CC(=O)Cc1cnn(C)c1)CC(C)(C)C. The highest BCUT2D eigenvalue weighted by molar-refractivity contribution is 5.80. The van der Waals surface area contributed by atoms with E-state index in [2.05, 4.69) is 32.8 Å². The summed E-state index contributed by atoms with van der Waals surface area (Å²) in [7, 11) is 1.87. The minimum absolute atomic E-state index is 0.300. The van der Waals surface area contributed by atoms with E-state index in [1.54, 1.807) is 10.9 Å². The minimum Gasteiger partial charge on any atom is -0.299 e. The fourth-order valence-corrected chi connectivity index (χ4v) is 2.37. The number of nitrogens with zero attached hydrogens (tertiary/aromatic N) is 2. The van der Waals surface area contributed by atoms with Crippen LogP contribution in [0.15, 0.2) is 12.4 Å². The van der Waals surface area contributed by atoms with Crippen LogP contribution in [0.5, 0.6) is 0 Å². The first-order chi connectivity index (χ1) is 7.76. The molecule has 0 spiro atoms. The number of hydrogen-bond donors (Lipinski definition) is 0. The molecule has 0 aliphatic heterocycles. The van der Waals surface area contributed by atoms with Gasteiger partial charge in [-0.25, -0.2) is 0 Å². The van der Waals surface area contributed by atoms with Crippen molar-refractivity contribution in [2.45, 2.75) is 47.0 Å². The summed E-state index contributed by atoms with van der Waals surface area (Å²) < 4.78 is 1.74. The Balaban J connectivity index is 2.39. The molecule has 96 valence electrons. The van der Waals surface area contributed by atoms with E-state index in [0.717, 1.165) is 12.0 Å². The fourth-order valence-electron chi connectivity index (χ4n) is 2.37. The lowest BCUT2D eigenvalue weighted by Crippen LogP contribution is -2.15. The van der Waals surface area contributed by atoms with E-state index in [1.165, 1.54) is 0 Å². The minimum atomic E-state index is 0.300. The maximum absolute atomic E-state index is 11.9. The molecule has 0 saturated carbocycles. The Hall–Kier alpha value is -1.12. The topological polar surface area (TPSA) is 34.9 Å². The number of hydrogen-bond acceptors (Lipinski definition) is 2. The van der Waals surface area contributed by atoms with E-state index in [9.17, 15) is 4.79 Å². The number of carbonyl (C=O) groups excluding carboxylic acids is 1. The Morgan fingerprint density at radius 2 is 2.12 bits per heavy atom. The molecule has 0 fully saturated rings. The highest BCUT2D eigenvalue weighted by Crippen LogP contribution is 2.26. The average molecular weight is 236 g/mol. The van der Waals surface area contributed by atoms with Gasteiger partial charge in [0, 0.05) is 26.1 Å². The molecule has 1 heterocycles. The third kappa shape index (κ3) is 5.66. The summed E-state index contributed by atoms with van der Waals surface area (Å²) in [6.45, 7) is 8.81. The van der Waals surface area contributed by atoms with Crippen molar-refractivity contribution in [2.75, 3.05) is 0 Å². The smallest absolute Gasteiger partial charge is 0.137 e. The predicted molar refractivity (Wildman–Crippen MR) is 69.8 cm³/mol. The summed E-state index contributed by atoms with van der Waals surface area (Å²) in [5.74, 6) is 0.772. The van der Waals surface area contributed by atoms with Crippen molar-refractivity contribution >= 4 is 5.78 Å². The van der Waals surface area contributed by atoms with E-state index in [4.69, 9.17) is 0 Å². The molecule has 3 nitrogen and oxygen atoms in total. The van der Waals surface area contributed by atoms with Crippen LogP contribution >= 0.6 is 0 Å². The van der Waals surface area contributed by atoms with E-state index in [-0.39, 0.29) is 0 Å². The second kappa shape index (κ2) is 5.48. The van der Waals surface area contributed by atoms with Gasteiger partial charge in [0.25, 0.3) is 0 Å². The maximum atomic E-state index is 11.9. The van der Waals surface area contributed by atoms with Gasteiger partial charge in [-0.05, 0) is 23.3 Å². The van der Waals surface area contributed by atoms with Gasteiger partial charge in [0.15, 0.2) is 0 Å². The third-order valence-corrected chi connectivity index (χ3v) is 2.70. The van der Waals surface area contributed by atoms with Crippen molar-refractivity contribution in [2.24, 2.45) is 18.4 Å². The van der Waals surface area contributed by atoms with Gasteiger partial charge in [-0.3, -0.25) is 9.48 Å². The zero-order chi connectivity index (χ0) is 13.1. The lowest BCUT2D eigenvalue weighted by Gasteiger charge is -2.22. The molecule has 1 atom stereocenters. The Morgan fingerprint density at radius 3 is 2.59 bits per heavy atom. The molecule has 0 aliphatic carbocycles. The summed E-state index contributed by atoms with van der Waals surface area (Å²) in [4.78, 5) is 11.9. The second-order valence-electron chi connectivity index (χ2n) is 6.31. The quantitative estimate of drug-likeness (QED) is 0.787. The highest BCUT2D eigenvalue weighted by Gasteiger charge is 2.18. The number of aromatic nitrogens is 2. The van der Waals surface area contributed by atoms with Gasteiger partial charge in [0.2, 0.25) is 0 Å². The fraction of sp³-hybridized carbons (Fsp3) is 0.714. The van der Waals surface area contributed by atoms with Crippen molar-refractivity contribution in [1.29, 1.82) is 0 Å². The molecule has 1 aromatic heterocycles. The summed E-state index contributed by atoms with van der Waals surface area (Å²) in [5.41, 5.74) is 1.31. The number of aryl methyl sites for hydroxylation is 1. The summed E-state index contributed by atoms with van der Waals surface area (Å²) in [5, 5.41) is 4.07. The van der Waals surface area contributed by atoms with Gasteiger partial charge in [0.1, 0.15) is 5.78 Å². The Labute approximate surface area is 104 Å². The van der Waals surface area contributed by atoms with Gasteiger partial charge in [-0.2, -0.15) is 5.10 Å². The van der Waals surface area contributed by atoms with E-state index < -0.39 is 0 Å². The van der Waals surface area contributed by atoms with Crippen LogP contribution in [0, 0.1) is 11.3 Å². The first kappa shape index (κ1) is 13.9. The van der Waals surface area contributed by atoms with Gasteiger partial charge in [-0.1, -0.05) is 27.7 Å². The van der Waals surface area contributed by atoms with Crippen molar-refractivity contribution in [3.63, 3.8) is 0 Å². The van der Waals surface area contributed by atoms with Crippen LogP contribution in [0.3, 0.4) is 0 Å². The maximum Gasteiger partial charge on any atom is 0.137 e. The number of carbonyl (C=O) groups is 1. The average Bonchev–Trinajstić information content (AvgIpc) is 2.46. The van der Waals surface area contributed by atoms with Gasteiger partial charge < -0.3 is 0 Å². The highest BCUT2D eigenvalue weighted by atomic mass is 16.1. The van der Waals surface area contributed by atoms with Crippen LogP contribution in [-0.2, 0) is 18.3 Å². The second-order valence-corrected chi connectivity index (χ2v) is 6.31. The van der Waals surface area contributed by atoms with Crippen molar-refractivity contribution in [1.82, 2.24) is 9.78 Å². The van der Waals surface area contributed by atoms with Gasteiger partial charge >= 0.3 is 0 Å². The van der Waals surface area contributed by atoms with Crippen molar-refractivity contribution in [3.05, 3.63) is 18.0 Å². The van der Waals surface area contributed by atoms with E-state index >= 15 is 0 Å². The molecule has 0 radical (unpaired) electrons. The molecule has 1 aromatic rings. The van der Waals surface area contributed by atoms with Gasteiger partial charge in [-0.15, -0.1) is 0 Å². The van der Waals surface area contributed by atoms with E-state index in [0.29, 0.717) is 30.0 Å². The van der Waals surface area contributed by atoms with Gasteiger partial charge in [0.05, 0.1) is 6.20 Å². The molecule has 0 aromatic carbocycles. The van der Waals surface area contributed by atoms with Crippen molar-refractivity contribution in [3.8, 4) is 0 Å². The largest absolute Gasteiger partial charge is 0.299 e. The van der Waals surface area contributed by atoms with Crippen LogP contribution in [0.2, 0.25) is 0 Å². The molecule has 0 amide bonds.